The number of ether oxygens (including phenoxy) is 1. The summed E-state index contributed by atoms with van der Waals surface area (Å²) in [5.41, 5.74) is -1.52. The molecule has 0 bridgehead atoms. The van der Waals surface area contributed by atoms with Crippen molar-refractivity contribution >= 4 is 41.5 Å². The van der Waals surface area contributed by atoms with Gasteiger partial charge in [0.15, 0.2) is 0 Å². The lowest BCUT2D eigenvalue weighted by Gasteiger charge is -2.47. The van der Waals surface area contributed by atoms with Gasteiger partial charge in [-0.15, -0.1) is 11.8 Å². The smallest absolute Gasteiger partial charge is 0.417 e. The van der Waals surface area contributed by atoms with Crippen LogP contribution in [0.5, 0.6) is 0 Å². The molecule has 220 valence electrons. The molecule has 4 amide bonds. The molecule has 2 N–H and O–H groups in total. The van der Waals surface area contributed by atoms with E-state index >= 15 is 0 Å². The Morgan fingerprint density at radius 1 is 1.25 bits per heavy atom. The van der Waals surface area contributed by atoms with Gasteiger partial charge in [-0.3, -0.25) is 9.59 Å². The zero-order valence-corrected chi connectivity index (χ0v) is 23.4. The molecule has 0 radical (unpaired) electrons. The molecule has 4 rings (SSSR count). The van der Waals surface area contributed by atoms with Crippen molar-refractivity contribution in [2.24, 2.45) is 0 Å². The maximum Gasteiger partial charge on any atom is 0.417 e. The zero-order valence-electron chi connectivity index (χ0n) is 22.5. The largest absolute Gasteiger partial charge is 0.465 e. The number of fused-ring (bicyclic) bond motifs is 1. The number of methoxy groups -OCH3 is 1. The van der Waals surface area contributed by atoms with Crippen molar-refractivity contribution in [3.05, 3.63) is 23.3 Å². The molecule has 1 saturated carbocycles. The van der Waals surface area contributed by atoms with Crippen LogP contribution < -0.4 is 10.2 Å². The van der Waals surface area contributed by atoms with Crippen LogP contribution in [0.15, 0.2) is 17.0 Å². The molecular weight excluding hydrogens is 553 g/mol. The number of carboxylic acid groups (broad SMARTS) is 1. The van der Waals surface area contributed by atoms with Crippen LogP contribution in [-0.2, 0) is 15.7 Å². The maximum absolute atomic E-state index is 14.4. The first-order valence-electron chi connectivity index (χ1n) is 13.2. The van der Waals surface area contributed by atoms with E-state index in [9.17, 15) is 37.5 Å². The van der Waals surface area contributed by atoms with Gasteiger partial charge < -0.3 is 29.9 Å². The minimum absolute atomic E-state index is 0.00584. The Morgan fingerprint density at radius 3 is 2.50 bits per heavy atom. The molecule has 1 aliphatic carbocycles. The highest BCUT2D eigenvalue weighted by Crippen LogP contribution is 2.56. The van der Waals surface area contributed by atoms with Gasteiger partial charge in [0.2, 0.25) is 5.91 Å². The summed E-state index contributed by atoms with van der Waals surface area (Å²) in [5, 5.41) is 11.9. The Balaban J connectivity index is 1.77. The van der Waals surface area contributed by atoms with Gasteiger partial charge in [0.25, 0.3) is 5.91 Å². The number of halogens is 3. The number of alkyl halides is 3. The number of anilines is 1. The van der Waals surface area contributed by atoms with E-state index in [4.69, 9.17) is 0 Å². The Bertz CT molecular complexity index is 1190. The van der Waals surface area contributed by atoms with E-state index in [1.165, 1.54) is 16.9 Å². The molecule has 3 aliphatic rings. The molecule has 1 spiro atoms. The summed E-state index contributed by atoms with van der Waals surface area (Å²) in [4.78, 5) is 54.7. The standard InChI is InChI=1S/C26H33F3N4O6S/c1-15(2)33(16-6-4-10-31(14-16)24(37)38)21(34)17-12-19-20(13-18(17)26(27,28)29)40-25(7-5-8-25)22(35)32(19)11-9-30-23(36)39-3/h12-13,15-16H,4-11,14H2,1-3H3,(H,30,36)(H,37,38)/t16-/m1/s1. The number of amides is 4. The van der Waals surface area contributed by atoms with E-state index in [0.29, 0.717) is 25.7 Å². The molecule has 40 heavy (non-hydrogen) atoms. The third-order valence-corrected chi connectivity index (χ3v) is 9.19. The van der Waals surface area contributed by atoms with E-state index in [1.807, 2.05) is 0 Å². The fraction of sp³-hybridized carbons (Fsp3) is 0.615. The van der Waals surface area contributed by atoms with Crippen molar-refractivity contribution in [3.8, 4) is 0 Å². The minimum Gasteiger partial charge on any atom is -0.465 e. The number of benzene rings is 1. The van der Waals surface area contributed by atoms with Crippen LogP contribution in [0.4, 0.5) is 28.4 Å². The van der Waals surface area contributed by atoms with E-state index in [-0.39, 0.29) is 42.7 Å². The van der Waals surface area contributed by atoms with Crippen LogP contribution in [-0.4, -0.2) is 89.0 Å². The molecule has 14 heteroatoms. The van der Waals surface area contributed by atoms with Crippen molar-refractivity contribution in [1.82, 2.24) is 15.1 Å². The van der Waals surface area contributed by atoms with E-state index in [0.717, 1.165) is 35.2 Å². The molecule has 0 aromatic heterocycles. The van der Waals surface area contributed by atoms with E-state index in [2.05, 4.69) is 10.1 Å². The third kappa shape index (κ3) is 5.68. The van der Waals surface area contributed by atoms with Gasteiger partial charge >= 0.3 is 18.4 Å². The highest BCUT2D eigenvalue weighted by molar-refractivity contribution is 8.01. The summed E-state index contributed by atoms with van der Waals surface area (Å²) in [6, 6.07) is 0.952. The van der Waals surface area contributed by atoms with Crippen molar-refractivity contribution in [2.75, 3.05) is 38.2 Å². The van der Waals surface area contributed by atoms with Crippen LogP contribution >= 0.6 is 11.8 Å². The summed E-state index contributed by atoms with van der Waals surface area (Å²) in [7, 11) is 1.19. The quantitative estimate of drug-likeness (QED) is 0.507. The number of nitrogens with one attached hydrogen (secondary N) is 1. The minimum atomic E-state index is -4.85. The predicted octanol–water partition coefficient (Wildman–Crippen LogP) is 4.42. The lowest BCUT2D eigenvalue weighted by atomic mass is 9.82. The molecule has 1 aromatic carbocycles. The number of rotatable bonds is 6. The second-order valence-electron chi connectivity index (χ2n) is 10.5. The van der Waals surface area contributed by atoms with Crippen LogP contribution in [0.1, 0.15) is 61.9 Å². The van der Waals surface area contributed by atoms with Gasteiger partial charge in [0, 0.05) is 37.1 Å². The monoisotopic (exact) mass is 586 g/mol. The summed E-state index contributed by atoms with van der Waals surface area (Å²) < 4.78 is 47.0. The molecule has 2 fully saturated rings. The second-order valence-corrected chi connectivity index (χ2v) is 11.9. The van der Waals surface area contributed by atoms with E-state index < -0.39 is 52.2 Å². The number of likely N-dealkylation sites (tertiary alicyclic amines) is 1. The number of carbonyl (C=O) groups excluding carboxylic acids is 3. The van der Waals surface area contributed by atoms with Crippen LogP contribution in [0.25, 0.3) is 0 Å². The Hall–Kier alpha value is -3.16. The summed E-state index contributed by atoms with van der Waals surface area (Å²) >= 11 is 1.10. The SMILES string of the molecule is COC(=O)NCCN1C(=O)C2(CCC2)Sc2cc(C(F)(F)F)c(C(=O)N(C(C)C)[C@@H]3CCCN(C(=O)O)C3)cc21. The van der Waals surface area contributed by atoms with Crippen molar-refractivity contribution < 1.29 is 42.2 Å². The fourth-order valence-corrected chi connectivity index (χ4v) is 7.14. The summed E-state index contributed by atoms with van der Waals surface area (Å²) in [6.07, 6.45) is -4.00. The van der Waals surface area contributed by atoms with Gasteiger partial charge in [-0.05, 0) is 58.1 Å². The van der Waals surface area contributed by atoms with Crippen molar-refractivity contribution in [2.45, 2.75) is 73.9 Å². The Kier molecular flexibility index (Phi) is 8.48. The number of thioether (sulfide) groups is 1. The number of alkyl carbamates (subject to hydrolysis) is 1. The summed E-state index contributed by atoms with van der Waals surface area (Å²) in [6.45, 7) is 3.60. The lowest BCUT2D eigenvalue weighted by molar-refractivity contribution is -0.138. The lowest BCUT2D eigenvalue weighted by Crippen LogP contribution is -2.55. The Morgan fingerprint density at radius 2 is 1.95 bits per heavy atom. The first-order valence-corrected chi connectivity index (χ1v) is 14.0. The number of carbonyl (C=O) groups is 4. The first kappa shape index (κ1) is 29.8. The average Bonchev–Trinajstić information content (AvgIpc) is 2.87. The fourth-order valence-electron chi connectivity index (χ4n) is 5.58. The zero-order chi connectivity index (χ0) is 29.4. The average molecular weight is 587 g/mol. The van der Waals surface area contributed by atoms with Gasteiger partial charge in [-0.1, -0.05) is 0 Å². The molecular formula is C26H33F3N4O6S. The maximum atomic E-state index is 14.4. The van der Waals surface area contributed by atoms with Crippen LogP contribution in [0, 0.1) is 0 Å². The van der Waals surface area contributed by atoms with Gasteiger partial charge in [-0.2, -0.15) is 13.2 Å². The van der Waals surface area contributed by atoms with Crippen LogP contribution in [0.2, 0.25) is 0 Å². The normalized spacial score (nSPS) is 20.2. The van der Waals surface area contributed by atoms with Crippen molar-refractivity contribution in [3.63, 3.8) is 0 Å². The van der Waals surface area contributed by atoms with Crippen molar-refractivity contribution in [1.29, 1.82) is 0 Å². The topological polar surface area (TPSA) is 119 Å². The molecule has 2 heterocycles. The second kappa shape index (κ2) is 11.4. The van der Waals surface area contributed by atoms with Gasteiger partial charge in [0.1, 0.15) is 0 Å². The number of nitrogens with zero attached hydrogens (tertiary/aromatic N) is 3. The summed E-state index contributed by atoms with van der Waals surface area (Å²) in [5.74, 6) is -1.15. The molecule has 1 atom stereocenters. The molecule has 2 aliphatic heterocycles. The molecule has 1 saturated heterocycles. The number of piperidine rings is 1. The predicted molar refractivity (Wildman–Crippen MR) is 141 cm³/mol. The molecule has 10 nitrogen and oxygen atoms in total. The Labute approximate surface area is 234 Å². The molecule has 0 unspecified atom stereocenters. The van der Waals surface area contributed by atoms with Gasteiger partial charge in [-0.25, -0.2) is 9.59 Å². The van der Waals surface area contributed by atoms with E-state index in [1.54, 1.807) is 13.8 Å². The van der Waals surface area contributed by atoms with Gasteiger partial charge in [0.05, 0.1) is 34.7 Å². The highest BCUT2D eigenvalue weighted by Gasteiger charge is 2.52. The van der Waals surface area contributed by atoms with Crippen LogP contribution in [0.3, 0.4) is 0 Å². The molecule has 1 aromatic rings. The number of hydrogen-bond acceptors (Lipinski definition) is 6. The highest BCUT2D eigenvalue weighted by atomic mass is 32.2. The first-order chi connectivity index (χ1) is 18.8. The number of hydrogen-bond donors (Lipinski definition) is 2. The third-order valence-electron chi connectivity index (χ3n) is 7.67.